The molecule has 0 aliphatic rings. The Kier molecular flexibility index (Phi) is 6.49. The molecular weight excluding hydrogens is 254 g/mol. The van der Waals surface area contributed by atoms with E-state index in [9.17, 15) is 0 Å². The van der Waals surface area contributed by atoms with Gasteiger partial charge in [-0.2, -0.15) is 0 Å². The van der Waals surface area contributed by atoms with Gasteiger partial charge in [0.15, 0.2) is 0 Å². The molecule has 0 bridgehead atoms. The molecular formula is C12H18ClN3O2. The van der Waals surface area contributed by atoms with Crippen LogP contribution in [0.3, 0.4) is 0 Å². The molecule has 0 amide bonds. The molecule has 0 heterocycles. The van der Waals surface area contributed by atoms with Crippen LogP contribution >= 0.6 is 11.6 Å². The number of aliphatic hydroxyl groups is 2. The van der Waals surface area contributed by atoms with E-state index in [1.54, 1.807) is 0 Å². The van der Waals surface area contributed by atoms with Gasteiger partial charge in [-0.1, -0.05) is 0 Å². The normalized spacial score (nSPS) is 11.6. The van der Waals surface area contributed by atoms with Crippen LogP contribution in [-0.2, 0) is 0 Å². The number of anilines is 1. The number of hydrogen-bond donors (Lipinski definition) is 3. The van der Waals surface area contributed by atoms with Crippen molar-refractivity contribution in [2.75, 3.05) is 37.1 Å². The van der Waals surface area contributed by atoms with E-state index < -0.39 is 0 Å². The highest BCUT2D eigenvalue weighted by molar-refractivity contribution is 6.28. The first-order valence-electron chi connectivity index (χ1n) is 5.67. The van der Waals surface area contributed by atoms with Gasteiger partial charge in [-0.3, -0.25) is 0 Å². The van der Waals surface area contributed by atoms with E-state index in [0.29, 0.717) is 18.9 Å². The van der Waals surface area contributed by atoms with E-state index in [4.69, 9.17) is 27.5 Å². The number of hydrogen-bond acceptors (Lipinski definition) is 4. The fraction of sp³-hybridized carbons (Fsp3) is 0.417. The van der Waals surface area contributed by atoms with Crippen molar-refractivity contribution in [3.8, 4) is 0 Å². The number of aliphatic imine (C=N–C) groups is 1. The van der Waals surface area contributed by atoms with Crippen LogP contribution in [0, 0.1) is 0 Å². The summed E-state index contributed by atoms with van der Waals surface area (Å²) in [6, 6.07) is 7.37. The summed E-state index contributed by atoms with van der Waals surface area (Å²) in [6.07, 6.45) is 0. The summed E-state index contributed by atoms with van der Waals surface area (Å²) in [5.41, 5.74) is 7.18. The molecule has 1 aromatic rings. The zero-order chi connectivity index (χ0) is 13.4. The van der Waals surface area contributed by atoms with Gasteiger partial charge < -0.3 is 20.8 Å². The fourth-order valence-corrected chi connectivity index (χ4v) is 1.60. The minimum absolute atomic E-state index is 0.0408. The van der Waals surface area contributed by atoms with Gasteiger partial charge in [0.25, 0.3) is 0 Å². The van der Waals surface area contributed by atoms with Crippen LogP contribution in [0.5, 0.6) is 0 Å². The van der Waals surface area contributed by atoms with Gasteiger partial charge >= 0.3 is 0 Å². The van der Waals surface area contributed by atoms with E-state index in [1.165, 1.54) is 0 Å². The molecule has 0 aliphatic heterocycles. The van der Waals surface area contributed by atoms with Crippen LogP contribution < -0.4 is 10.6 Å². The van der Waals surface area contributed by atoms with Gasteiger partial charge in [0.1, 0.15) is 5.84 Å². The average Bonchev–Trinajstić information content (AvgIpc) is 2.39. The maximum absolute atomic E-state index is 8.95. The first-order chi connectivity index (χ1) is 8.71. The molecule has 0 unspecified atom stereocenters. The molecule has 6 heteroatoms. The average molecular weight is 272 g/mol. The molecule has 0 aromatic heterocycles. The van der Waals surface area contributed by atoms with E-state index in [0.717, 1.165) is 11.4 Å². The number of rotatable bonds is 7. The third-order valence-electron chi connectivity index (χ3n) is 2.36. The summed E-state index contributed by atoms with van der Waals surface area (Å²) in [5.74, 6) is 0.565. The van der Waals surface area contributed by atoms with Crippen molar-refractivity contribution in [1.82, 2.24) is 0 Å². The molecule has 4 N–H and O–H groups in total. The largest absolute Gasteiger partial charge is 0.395 e. The number of nitrogens with two attached hydrogens (primary N) is 1. The number of aliphatic hydroxyl groups excluding tert-OH is 2. The molecule has 0 atom stereocenters. The molecule has 100 valence electrons. The summed E-state index contributed by atoms with van der Waals surface area (Å²) in [5, 5.41) is 17.9. The van der Waals surface area contributed by atoms with Gasteiger partial charge in [-0.15, -0.1) is 11.6 Å². The number of benzene rings is 1. The molecule has 5 nitrogen and oxygen atoms in total. The Morgan fingerprint density at radius 3 is 2.17 bits per heavy atom. The Bertz CT molecular complexity index is 375. The standard InChI is InChI=1S/C12H18ClN3O2/c13-9-12(14)15-10-1-3-11(4-2-10)16(5-7-17)6-8-18/h1-4,17-18H,5-9H2,(H2,14,15). The van der Waals surface area contributed by atoms with Crippen molar-refractivity contribution in [2.24, 2.45) is 10.7 Å². The second kappa shape index (κ2) is 7.92. The zero-order valence-corrected chi connectivity index (χ0v) is 10.8. The SMILES string of the molecule is NC(CCl)=Nc1ccc(N(CCO)CCO)cc1. The lowest BCUT2D eigenvalue weighted by molar-refractivity contribution is 0.281. The van der Waals surface area contributed by atoms with Crippen LogP contribution in [0.15, 0.2) is 29.3 Å². The molecule has 0 fully saturated rings. The Morgan fingerprint density at radius 2 is 1.72 bits per heavy atom. The number of halogens is 1. The smallest absolute Gasteiger partial charge is 0.115 e. The molecule has 0 radical (unpaired) electrons. The molecule has 1 rings (SSSR count). The van der Waals surface area contributed by atoms with Crippen molar-refractivity contribution in [3.63, 3.8) is 0 Å². The first kappa shape index (κ1) is 14.8. The van der Waals surface area contributed by atoms with Gasteiger partial charge in [-0.05, 0) is 24.3 Å². The predicted molar refractivity (Wildman–Crippen MR) is 74.8 cm³/mol. The summed E-state index contributed by atoms with van der Waals surface area (Å²) >= 11 is 5.55. The van der Waals surface area contributed by atoms with Crippen LogP contribution in [0.1, 0.15) is 0 Å². The first-order valence-corrected chi connectivity index (χ1v) is 6.20. The number of alkyl halides is 1. The van der Waals surface area contributed by atoms with Crippen LogP contribution in [0.2, 0.25) is 0 Å². The summed E-state index contributed by atoms with van der Waals surface area (Å²) in [6.45, 7) is 1.04. The summed E-state index contributed by atoms with van der Waals surface area (Å²) in [7, 11) is 0. The van der Waals surface area contributed by atoms with E-state index in [1.807, 2.05) is 29.2 Å². The topological polar surface area (TPSA) is 82.1 Å². The van der Waals surface area contributed by atoms with E-state index in [-0.39, 0.29) is 19.1 Å². The fourth-order valence-electron chi connectivity index (χ4n) is 1.55. The van der Waals surface area contributed by atoms with Gasteiger partial charge in [0.05, 0.1) is 24.8 Å². The Hall–Kier alpha value is -1.30. The lowest BCUT2D eigenvalue weighted by Gasteiger charge is -2.22. The molecule has 0 saturated heterocycles. The minimum Gasteiger partial charge on any atom is -0.395 e. The number of nitrogens with zero attached hydrogens (tertiary/aromatic N) is 2. The Balaban J connectivity index is 2.79. The van der Waals surface area contributed by atoms with Crippen LogP contribution in [-0.4, -0.2) is 48.2 Å². The van der Waals surface area contributed by atoms with Crippen molar-refractivity contribution in [1.29, 1.82) is 0 Å². The Labute approximate surface area is 112 Å². The minimum atomic E-state index is 0.0408. The lowest BCUT2D eigenvalue weighted by Crippen LogP contribution is -2.29. The van der Waals surface area contributed by atoms with Gasteiger partial charge in [-0.25, -0.2) is 4.99 Å². The predicted octanol–water partition coefficient (Wildman–Crippen LogP) is 0.705. The summed E-state index contributed by atoms with van der Waals surface area (Å²) < 4.78 is 0. The van der Waals surface area contributed by atoms with Crippen molar-refractivity contribution in [2.45, 2.75) is 0 Å². The van der Waals surface area contributed by atoms with Crippen molar-refractivity contribution < 1.29 is 10.2 Å². The van der Waals surface area contributed by atoms with Crippen LogP contribution in [0.4, 0.5) is 11.4 Å². The highest BCUT2D eigenvalue weighted by Gasteiger charge is 2.04. The quantitative estimate of drug-likeness (QED) is 0.387. The van der Waals surface area contributed by atoms with E-state index >= 15 is 0 Å². The monoisotopic (exact) mass is 271 g/mol. The lowest BCUT2D eigenvalue weighted by atomic mass is 10.2. The highest BCUT2D eigenvalue weighted by Crippen LogP contribution is 2.19. The molecule has 18 heavy (non-hydrogen) atoms. The highest BCUT2D eigenvalue weighted by atomic mass is 35.5. The summed E-state index contributed by atoms with van der Waals surface area (Å²) in [4.78, 5) is 6.00. The van der Waals surface area contributed by atoms with Crippen molar-refractivity contribution >= 4 is 28.8 Å². The molecule has 0 spiro atoms. The zero-order valence-electron chi connectivity index (χ0n) is 10.1. The van der Waals surface area contributed by atoms with Gasteiger partial charge in [0, 0.05) is 18.8 Å². The second-order valence-corrected chi connectivity index (χ2v) is 3.95. The van der Waals surface area contributed by atoms with Crippen LogP contribution in [0.25, 0.3) is 0 Å². The molecule has 1 aromatic carbocycles. The second-order valence-electron chi connectivity index (χ2n) is 3.69. The Morgan fingerprint density at radius 1 is 1.17 bits per heavy atom. The third kappa shape index (κ3) is 4.52. The third-order valence-corrected chi connectivity index (χ3v) is 2.64. The van der Waals surface area contributed by atoms with E-state index in [2.05, 4.69) is 4.99 Å². The van der Waals surface area contributed by atoms with Gasteiger partial charge in [0.2, 0.25) is 0 Å². The van der Waals surface area contributed by atoms with Crippen molar-refractivity contribution in [3.05, 3.63) is 24.3 Å². The maximum atomic E-state index is 8.95. The molecule has 0 aliphatic carbocycles. The number of amidine groups is 1. The molecule has 0 saturated carbocycles. The maximum Gasteiger partial charge on any atom is 0.115 e.